The van der Waals surface area contributed by atoms with Crippen molar-refractivity contribution in [2.45, 2.75) is 45.4 Å². The minimum atomic E-state index is -0.266. The lowest BCUT2D eigenvalue weighted by atomic mass is 9.99. The van der Waals surface area contributed by atoms with Gasteiger partial charge in [-0.15, -0.1) is 0 Å². The van der Waals surface area contributed by atoms with E-state index in [2.05, 4.69) is 19.2 Å². The summed E-state index contributed by atoms with van der Waals surface area (Å²) in [4.78, 5) is 11.2. The Bertz CT molecular complexity index is 461. The van der Waals surface area contributed by atoms with Crippen molar-refractivity contribution in [2.24, 2.45) is 5.92 Å². The third kappa shape index (κ3) is 3.32. The molecule has 4 heteroatoms. The smallest absolute Gasteiger partial charge is 0.302 e. The standard InChI is InChI=1S/C15H20FNO2/c1-9(2)15-14(19-10(3)18)8-13(17-15)11-5-4-6-12(16)7-11/h4-7,9,13-15,17H,8H2,1-3H3. The van der Waals surface area contributed by atoms with Crippen LogP contribution in [0.15, 0.2) is 24.3 Å². The second-order valence-electron chi connectivity index (χ2n) is 5.43. The van der Waals surface area contributed by atoms with Crippen molar-refractivity contribution < 1.29 is 13.9 Å². The molecule has 1 aliphatic rings. The molecule has 2 rings (SSSR count). The molecule has 0 bridgehead atoms. The van der Waals surface area contributed by atoms with Crippen LogP contribution < -0.4 is 5.32 Å². The van der Waals surface area contributed by atoms with E-state index in [0.717, 1.165) is 5.56 Å². The number of hydrogen-bond donors (Lipinski definition) is 1. The molecule has 1 fully saturated rings. The van der Waals surface area contributed by atoms with Crippen molar-refractivity contribution >= 4 is 5.97 Å². The molecule has 0 saturated carbocycles. The van der Waals surface area contributed by atoms with Crippen molar-refractivity contribution in [1.82, 2.24) is 5.32 Å². The minimum Gasteiger partial charge on any atom is -0.461 e. The molecule has 3 nitrogen and oxygen atoms in total. The summed E-state index contributed by atoms with van der Waals surface area (Å²) < 4.78 is 18.6. The zero-order valence-electron chi connectivity index (χ0n) is 11.5. The van der Waals surface area contributed by atoms with Crippen LogP contribution in [-0.4, -0.2) is 18.1 Å². The van der Waals surface area contributed by atoms with Crippen LogP contribution in [0.1, 0.15) is 38.8 Å². The molecule has 3 atom stereocenters. The Labute approximate surface area is 113 Å². The van der Waals surface area contributed by atoms with E-state index in [-0.39, 0.29) is 30.0 Å². The highest BCUT2D eigenvalue weighted by molar-refractivity contribution is 5.66. The van der Waals surface area contributed by atoms with Crippen molar-refractivity contribution in [3.8, 4) is 0 Å². The quantitative estimate of drug-likeness (QED) is 0.854. The van der Waals surface area contributed by atoms with Crippen LogP contribution >= 0.6 is 0 Å². The van der Waals surface area contributed by atoms with Gasteiger partial charge in [-0.1, -0.05) is 26.0 Å². The van der Waals surface area contributed by atoms with Crippen LogP contribution in [0.25, 0.3) is 0 Å². The summed E-state index contributed by atoms with van der Waals surface area (Å²) in [6.07, 6.45) is 0.539. The molecule has 0 spiro atoms. The van der Waals surface area contributed by atoms with Gasteiger partial charge in [-0.05, 0) is 23.6 Å². The van der Waals surface area contributed by atoms with Gasteiger partial charge in [-0.2, -0.15) is 0 Å². The van der Waals surface area contributed by atoms with E-state index >= 15 is 0 Å². The van der Waals surface area contributed by atoms with Gasteiger partial charge in [0.05, 0.1) is 0 Å². The van der Waals surface area contributed by atoms with E-state index in [1.165, 1.54) is 19.1 Å². The molecule has 1 heterocycles. The summed E-state index contributed by atoms with van der Waals surface area (Å²) in [5.41, 5.74) is 0.903. The summed E-state index contributed by atoms with van der Waals surface area (Å²) in [7, 11) is 0. The second kappa shape index (κ2) is 5.70. The fourth-order valence-electron chi connectivity index (χ4n) is 2.70. The number of halogens is 1. The Balaban J connectivity index is 2.15. The highest BCUT2D eigenvalue weighted by Crippen LogP contribution is 2.32. The SMILES string of the molecule is CC(=O)OC1CC(c2cccc(F)c2)NC1C(C)C. The molecule has 19 heavy (non-hydrogen) atoms. The molecule has 0 amide bonds. The summed E-state index contributed by atoms with van der Waals surface area (Å²) >= 11 is 0. The lowest BCUT2D eigenvalue weighted by Crippen LogP contribution is -2.38. The van der Waals surface area contributed by atoms with Crippen molar-refractivity contribution in [1.29, 1.82) is 0 Å². The molecule has 0 aromatic heterocycles. The highest BCUT2D eigenvalue weighted by Gasteiger charge is 2.38. The fraction of sp³-hybridized carbons (Fsp3) is 0.533. The zero-order valence-corrected chi connectivity index (χ0v) is 11.5. The molecule has 104 valence electrons. The third-order valence-corrected chi connectivity index (χ3v) is 3.55. The Morgan fingerprint density at radius 3 is 2.79 bits per heavy atom. The first-order valence-electron chi connectivity index (χ1n) is 6.66. The van der Waals surface area contributed by atoms with Crippen LogP contribution in [-0.2, 0) is 9.53 Å². The van der Waals surface area contributed by atoms with Crippen LogP contribution in [0.2, 0.25) is 0 Å². The first-order chi connectivity index (χ1) is 8.97. The largest absolute Gasteiger partial charge is 0.461 e. The number of esters is 1. The van der Waals surface area contributed by atoms with E-state index in [0.29, 0.717) is 12.3 Å². The third-order valence-electron chi connectivity index (χ3n) is 3.55. The molecular formula is C15H20FNO2. The number of ether oxygens (including phenoxy) is 1. The van der Waals surface area contributed by atoms with Crippen LogP contribution in [0, 0.1) is 11.7 Å². The van der Waals surface area contributed by atoms with Gasteiger partial charge >= 0.3 is 5.97 Å². The highest BCUT2D eigenvalue weighted by atomic mass is 19.1. The van der Waals surface area contributed by atoms with Gasteiger partial charge in [0.25, 0.3) is 0 Å². The summed E-state index contributed by atoms with van der Waals surface area (Å²) in [5.74, 6) is -0.156. The van der Waals surface area contributed by atoms with Crippen molar-refractivity contribution in [2.75, 3.05) is 0 Å². The Morgan fingerprint density at radius 2 is 2.21 bits per heavy atom. The van der Waals surface area contributed by atoms with Gasteiger partial charge in [0.1, 0.15) is 11.9 Å². The normalized spacial score (nSPS) is 26.7. The maximum atomic E-state index is 13.3. The van der Waals surface area contributed by atoms with E-state index in [4.69, 9.17) is 4.74 Å². The molecule has 1 N–H and O–H groups in total. The Hall–Kier alpha value is -1.42. The molecule has 0 radical (unpaired) electrons. The maximum Gasteiger partial charge on any atom is 0.302 e. The van der Waals surface area contributed by atoms with Crippen LogP contribution in [0.4, 0.5) is 4.39 Å². The van der Waals surface area contributed by atoms with Gasteiger partial charge < -0.3 is 10.1 Å². The van der Waals surface area contributed by atoms with Gasteiger partial charge in [0.15, 0.2) is 0 Å². The van der Waals surface area contributed by atoms with Gasteiger partial charge in [-0.3, -0.25) is 4.79 Å². The van der Waals surface area contributed by atoms with Gasteiger partial charge in [-0.25, -0.2) is 4.39 Å². The van der Waals surface area contributed by atoms with E-state index in [9.17, 15) is 9.18 Å². The second-order valence-corrected chi connectivity index (χ2v) is 5.43. The number of hydrogen-bond acceptors (Lipinski definition) is 3. The Morgan fingerprint density at radius 1 is 1.47 bits per heavy atom. The average molecular weight is 265 g/mol. The molecule has 1 aliphatic heterocycles. The Kier molecular flexibility index (Phi) is 4.20. The summed E-state index contributed by atoms with van der Waals surface area (Å²) in [6, 6.07) is 6.71. The fourth-order valence-corrected chi connectivity index (χ4v) is 2.70. The number of benzene rings is 1. The minimum absolute atomic E-state index is 0.0347. The van der Waals surface area contributed by atoms with Gasteiger partial charge in [0, 0.05) is 25.4 Å². The topological polar surface area (TPSA) is 38.3 Å². The van der Waals surface area contributed by atoms with E-state index in [1.54, 1.807) is 6.07 Å². The molecule has 1 saturated heterocycles. The molecule has 1 aromatic carbocycles. The predicted molar refractivity (Wildman–Crippen MR) is 71.1 cm³/mol. The molecule has 1 aromatic rings. The molecular weight excluding hydrogens is 245 g/mol. The number of carbonyl (C=O) groups is 1. The van der Waals surface area contributed by atoms with E-state index in [1.807, 2.05) is 6.07 Å². The first kappa shape index (κ1) is 14.0. The number of carbonyl (C=O) groups excluding carboxylic acids is 1. The monoisotopic (exact) mass is 265 g/mol. The number of nitrogens with one attached hydrogen (secondary N) is 1. The summed E-state index contributed by atoms with van der Waals surface area (Å²) in [5, 5.41) is 3.45. The van der Waals surface area contributed by atoms with E-state index < -0.39 is 0 Å². The first-order valence-corrected chi connectivity index (χ1v) is 6.66. The van der Waals surface area contributed by atoms with Crippen molar-refractivity contribution in [3.05, 3.63) is 35.6 Å². The average Bonchev–Trinajstić information content (AvgIpc) is 2.72. The van der Waals surface area contributed by atoms with Crippen molar-refractivity contribution in [3.63, 3.8) is 0 Å². The lowest BCUT2D eigenvalue weighted by molar-refractivity contribution is -0.147. The molecule has 0 aliphatic carbocycles. The van der Waals surface area contributed by atoms with Crippen LogP contribution in [0.3, 0.4) is 0 Å². The van der Waals surface area contributed by atoms with Crippen LogP contribution in [0.5, 0.6) is 0 Å². The molecule has 3 unspecified atom stereocenters. The lowest BCUT2D eigenvalue weighted by Gasteiger charge is -2.22. The maximum absolute atomic E-state index is 13.3. The number of rotatable bonds is 3. The zero-order chi connectivity index (χ0) is 14.0. The predicted octanol–water partition coefficient (Wildman–Crippen LogP) is 2.82. The summed E-state index contributed by atoms with van der Waals surface area (Å²) in [6.45, 7) is 5.59. The van der Waals surface area contributed by atoms with Gasteiger partial charge in [0.2, 0.25) is 0 Å².